The molecule has 9 heteroatoms. The SMILES string of the molecule is CCNP(=O)(NCC)C(CNc1cnc(C)s1)c1cc(C)c(O)c(OC)c1. The molecule has 150 valence electrons. The molecule has 0 saturated carbocycles. The van der Waals surface area contributed by atoms with Gasteiger partial charge in [-0.25, -0.2) is 4.98 Å². The monoisotopic (exact) mass is 412 g/mol. The van der Waals surface area contributed by atoms with Gasteiger partial charge in [0.15, 0.2) is 11.5 Å². The number of aryl methyl sites for hydroxylation is 2. The molecule has 0 aliphatic carbocycles. The van der Waals surface area contributed by atoms with Gasteiger partial charge in [-0.05, 0) is 44.1 Å². The molecule has 1 aromatic carbocycles. The van der Waals surface area contributed by atoms with Crippen LogP contribution in [0.3, 0.4) is 0 Å². The lowest BCUT2D eigenvalue weighted by molar-refractivity contribution is 0.371. The average Bonchev–Trinajstić information content (AvgIpc) is 3.03. The maximum atomic E-state index is 13.8. The molecule has 1 atom stereocenters. The van der Waals surface area contributed by atoms with Crippen LogP contribution in [0.4, 0.5) is 5.00 Å². The molecule has 0 radical (unpaired) electrons. The smallest absolute Gasteiger partial charge is 0.220 e. The van der Waals surface area contributed by atoms with Crippen molar-refractivity contribution in [2.24, 2.45) is 0 Å². The zero-order chi connectivity index (χ0) is 20.0. The Hall–Kier alpha value is -1.60. The minimum atomic E-state index is -2.96. The van der Waals surface area contributed by atoms with Crippen molar-refractivity contribution < 1.29 is 14.4 Å². The number of phenolic OH excluding ortho intramolecular Hbond substituents is 1. The van der Waals surface area contributed by atoms with Crippen molar-refractivity contribution in [1.82, 2.24) is 15.2 Å². The fourth-order valence-electron chi connectivity index (χ4n) is 2.96. The van der Waals surface area contributed by atoms with Gasteiger partial charge in [-0.15, -0.1) is 11.3 Å². The summed E-state index contributed by atoms with van der Waals surface area (Å²) in [6, 6.07) is 3.62. The van der Waals surface area contributed by atoms with Crippen LogP contribution in [0.25, 0.3) is 0 Å². The van der Waals surface area contributed by atoms with Gasteiger partial charge in [0, 0.05) is 6.54 Å². The number of aromatic hydroxyl groups is 1. The van der Waals surface area contributed by atoms with Crippen molar-refractivity contribution in [2.45, 2.75) is 33.4 Å². The van der Waals surface area contributed by atoms with E-state index in [1.807, 2.05) is 33.8 Å². The van der Waals surface area contributed by atoms with Crippen molar-refractivity contribution in [1.29, 1.82) is 0 Å². The van der Waals surface area contributed by atoms with E-state index in [2.05, 4.69) is 20.5 Å². The minimum absolute atomic E-state index is 0.104. The zero-order valence-corrected chi connectivity index (χ0v) is 18.2. The van der Waals surface area contributed by atoms with Crippen LogP contribution in [-0.2, 0) is 4.57 Å². The summed E-state index contributed by atoms with van der Waals surface area (Å²) in [7, 11) is -1.45. The van der Waals surface area contributed by atoms with E-state index in [1.54, 1.807) is 23.6 Å². The first-order valence-electron chi connectivity index (χ1n) is 8.98. The summed E-state index contributed by atoms with van der Waals surface area (Å²) >= 11 is 1.56. The predicted octanol–water partition coefficient (Wildman–Crippen LogP) is 4.04. The molecule has 0 aliphatic heterocycles. The lowest BCUT2D eigenvalue weighted by Crippen LogP contribution is -2.29. The number of hydrogen-bond donors (Lipinski definition) is 4. The highest BCUT2D eigenvalue weighted by molar-refractivity contribution is 7.60. The summed E-state index contributed by atoms with van der Waals surface area (Å²) in [6.07, 6.45) is 1.78. The Bertz CT molecular complexity index is 802. The number of rotatable bonds is 10. The highest BCUT2D eigenvalue weighted by atomic mass is 32.1. The van der Waals surface area contributed by atoms with Crippen LogP contribution in [0.1, 0.15) is 35.6 Å². The number of ether oxygens (including phenoxy) is 1. The first-order valence-corrected chi connectivity index (χ1v) is 11.6. The second kappa shape index (κ2) is 9.55. The topological polar surface area (TPSA) is 95.5 Å². The summed E-state index contributed by atoms with van der Waals surface area (Å²) < 4.78 is 19.1. The Balaban J connectivity index is 2.44. The third-order valence-electron chi connectivity index (χ3n) is 4.21. The first kappa shape index (κ1) is 21.7. The third-order valence-corrected chi connectivity index (χ3v) is 8.01. The molecule has 27 heavy (non-hydrogen) atoms. The molecular weight excluding hydrogens is 383 g/mol. The zero-order valence-electron chi connectivity index (χ0n) is 16.5. The number of nitrogens with one attached hydrogen (secondary N) is 3. The van der Waals surface area contributed by atoms with Crippen molar-refractivity contribution >= 4 is 23.8 Å². The quantitative estimate of drug-likeness (QED) is 0.438. The molecule has 2 aromatic rings. The highest BCUT2D eigenvalue weighted by Gasteiger charge is 2.34. The lowest BCUT2D eigenvalue weighted by Gasteiger charge is -2.30. The number of phenols is 1. The molecule has 2 rings (SSSR count). The number of benzene rings is 1. The van der Waals surface area contributed by atoms with Gasteiger partial charge in [-0.1, -0.05) is 19.9 Å². The maximum absolute atomic E-state index is 13.8. The predicted molar refractivity (Wildman–Crippen MR) is 112 cm³/mol. The van der Waals surface area contributed by atoms with Gasteiger partial charge in [0.1, 0.15) is 5.00 Å². The second-order valence-electron chi connectivity index (χ2n) is 6.21. The molecule has 1 heterocycles. The second-order valence-corrected chi connectivity index (χ2v) is 10.0. The molecule has 4 N–H and O–H groups in total. The Kier molecular flexibility index (Phi) is 7.68. The van der Waals surface area contributed by atoms with Crippen LogP contribution in [-0.4, -0.2) is 36.8 Å². The molecule has 1 unspecified atom stereocenters. The van der Waals surface area contributed by atoms with E-state index in [4.69, 9.17) is 4.74 Å². The number of hydrogen-bond acceptors (Lipinski definition) is 6. The average molecular weight is 412 g/mol. The normalized spacial score (nSPS) is 12.8. The van der Waals surface area contributed by atoms with Gasteiger partial charge in [-0.3, -0.25) is 14.7 Å². The number of nitrogens with zero attached hydrogens (tertiary/aromatic N) is 1. The maximum Gasteiger partial charge on any atom is 0.220 e. The molecule has 7 nitrogen and oxygen atoms in total. The number of thiazole rings is 1. The van der Waals surface area contributed by atoms with Gasteiger partial charge in [0.2, 0.25) is 7.44 Å². The van der Waals surface area contributed by atoms with E-state index in [0.717, 1.165) is 15.6 Å². The highest BCUT2D eigenvalue weighted by Crippen LogP contribution is 2.53. The summed E-state index contributed by atoms with van der Waals surface area (Å²) in [5.41, 5.74) is 1.16. The molecule has 0 fully saturated rings. The summed E-state index contributed by atoms with van der Waals surface area (Å²) in [6.45, 7) is 9.23. The Morgan fingerprint density at radius 3 is 2.44 bits per heavy atom. The van der Waals surface area contributed by atoms with Crippen LogP contribution in [0.5, 0.6) is 11.5 Å². The molecule has 0 amide bonds. The van der Waals surface area contributed by atoms with Crippen molar-refractivity contribution in [3.63, 3.8) is 0 Å². The van der Waals surface area contributed by atoms with Crippen LogP contribution in [0.15, 0.2) is 18.3 Å². The first-order chi connectivity index (χ1) is 12.8. The van der Waals surface area contributed by atoms with Gasteiger partial charge >= 0.3 is 0 Å². The molecule has 1 aromatic heterocycles. The largest absolute Gasteiger partial charge is 0.504 e. The van der Waals surface area contributed by atoms with E-state index in [-0.39, 0.29) is 11.4 Å². The van der Waals surface area contributed by atoms with Gasteiger partial charge in [0.05, 0.1) is 24.0 Å². The lowest BCUT2D eigenvalue weighted by atomic mass is 10.1. The molecule has 0 saturated heterocycles. The van der Waals surface area contributed by atoms with E-state index >= 15 is 0 Å². The summed E-state index contributed by atoms with van der Waals surface area (Å²) in [4.78, 5) is 4.26. The summed E-state index contributed by atoms with van der Waals surface area (Å²) in [5, 5.41) is 21.8. The Morgan fingerprint density at radius 1 is 1.26 bits per heavy atom. The third kappa shape index (κ3) is 5.23. The van der Waals surface area contributed by atoms with Crippen molar-refractivity contribution in [3.05, 3.63) is 34.5 Å². The fraction of sp³-hybridized carbons (Fsp3) is 0.500. The fourth-order valence-corrected chi connectivity index (χ4v) is 6.06. The van der Waals surface area contributed by atoms with Gasteiger partial charge in [0.25, 0.3) is 0 Å². The van der Waals surface area contributed by atoms with Crippen LogP contribution < -0.4 is 20.2 Å². The van der Waals surface area contributed by atoms with E-state index in [0.29, 0.717) is 30.9 Å². The molecular formula is C18H29N4O3PS. The summed E-state index contributed by atoms with van der Waals surface area (Å²) in [5.74, 6) is 0.482. The molecule has 0 bridgehead atoms. The standard InChI is InChI=1S/C18H29N4O3PS/c1-6-21-26(24,22-7-2)16(10-20-17-11-19-13(4)27-17)14-8-12(3)18(23)15(9-14)25-5/h8-9,11,16,20,23H,6-7,10H2,1-5H3,(H2,21,22,24). The minimum Gasteiger partial charge on any atom is -0.504 e. The van der Waals surface area contributed by atoms with Gasteiger partial charge < -0.3 is 15.2 Å². The van der Waals surface area contributed by atoms with Crippen molar-refractivity contribution in [3.8, 4) is 11.5 Å². The Morgan fingerprint density at radius 2 is 1.93 bits per heavy atom. The van der Waals surface area contributed by atoms with Crippen LogP contribution in [0, 0.1) is 13.8 Å². The number of anilines is 1. The van der Waals surface area contributed by atoms with Crippen LogP contribution in [0.2, 0.25) is 0 Å². The van der Waals surface area contributed by atoms with Crippen LogP contribution >= 0.6 is 18.8 Å². The molecule has 0 spiro atoms. The molecule has 0 aliphatic rings. The van der Waals surface area contributed by atoms with Crippen molar-refractivity contribution in [2.75, 3.05) is 32.1 Å². The number of aromatic nitrogens is 1. The van der Waals surface area contributed by atoms with Gasteiger partial charge in [-0.2, -0.15) is 0 Å². The van der Waals surface area contributed by atoms with E-state index < -0.39 is 7.44 Å². The van der Waals surface area contributed by atoms with E-state index in [1.165, 1.54) is 7.11 Å². The number of methoxy groups -OCH3 is 1. The Labute approximate surface area is 165 Å². The van der Waals surface area contributed by atoms with E-state index in [9.17, 15) is 9.67 Å².